The lowest BCUT2D eigenvalue weighted by Gasteiger charge is -2.27. The van der Waals surface area contributed by atoms with Gasteiger partial charge < -0.3 is 5.11 Å². The molecular formula is C22H15F3N2O3S. The zero-order chi connectivity index (χ0) is 22.4. The van der Waals surface area contributed by atoms with Crippen molar-refractivity contribution in [1.29, 1.82) is 0 Å². The number of carbonyl (C=O) groups is 2. The molecule has 1 amide bonds. The van der Waals surface area contributed by atoms with Gasteiger partial charge in [0.2, 0.25) is 5.78 Å². The number of ketones is 1. The highest BCUT2D eigenvalue weighted by molar-refractivity contribution is 7.14. The van der Waals surface area contributed by atoms with Gasteiger partial charge in [-0.25, -0.2) is 18.2 Å². The van der Waals surface area contributed by atoms with Gasteiger partial charge in [0, 0.05) is 6.07 Å². The monoisotopic (exact) mass is 444 g/mol. The van der Waals surface area contributed by atoms with Gasteiger partial charge in [-0.15, -0.1) is 11.3 Å². The molecule has 0 saturated heterocycles. The molecule has 31 heavy (non-hydrogen) atoms. The molecule has 4 rings (SSSR count). The van der Waals surface area contributed by atoms with E-state index in [4.69, 9.17) is 0 Å². The number of thiazole rings is 1. The van der Waals surface area contributed by atoms with Gasteiger partial charge in [-0.3, -0.25) is 14.5 Å². The molecular weight excluding hydrogens is 429 g/mol. The van der Waals surface area contributed by atoms with E-state index >= 15 is 0 Å². The normalized spacial score (nSPS) is 16.4. The van der Waals surface area contributed by atoms with Crippen LogP contribution in [-0.4, -0.2) is 21.8 Å². The number of halogens is 3. The van der Waals surface area contributed by atoms with Crippen LogP contribution in [0.2, 0.25) is 0 Å². The van der Waals surface area contributed by atoms with Crippen molar-refractivity contribution >= 4 is 28.7 Å². The Kier molecular flexibility index (Phi) is 5.14. The molecule has 0 saturated carbocycles. The summed E-state index contributed by atoms with van der Waals surface area (Å²) in [6, 6.07) is 6.08. The van der Waals surface area contributed by atoms with Gasteiger partial charge in [-0.05, 0) is 43.7 Å². The number of aliphatic hydroxyl groups is 1. The molecule has 1 atom stereocenters. The number of nitrogens with zero attached hydrogens (tertiary/aromatic N) is 2. The van der Waals surface area contributed by atoms with Crippen molar-refractivity contribution in [2.45, 2.75) is 19.9 Å². The van der Waals surface area contributed by atoms with E-state index < -0.39 is 46.6 Å². The Morgan fingerprint density at radius 2 is 1.71 bits per heavy atom. The summed E-state index contributed by atoms with van der Waals surface area (Å²) in [6.45, 7) is 3.32. The second-order valence-corrected chi connectivity index (χ2v) is 8.17. The van der Waals surface area contributed by atoms with E-state index in [-0.39, 0.29) is 16.0 Å². The topological polar surface area (TPSA) is 70.5 Å². The Bertz CT molecular complexity index is 1250. The number of Topliss-reactive ketones (excluding diaryl/α,β-unsaturated/α-hetero) is 1. The van der Waals surface area contributed by atoms with Crippen molar-refractivity contribution in [2.75, 3.05) is 4.90 Å². The van der Waals surface area contributed by atoms with Crippen LogP contribution in [0.4, 0.5) is 18.9 Å². The van der Waals surface area contributed by atoms with Crippen LogP contribution in [0.25, 0.3) is 0 Å². The average molecular weight is 444 g/mol. The number of benzene rings is 2. The SMILES string of the molecule is Cc1nc(C)c(C(=O)C2=C(O)C(=O)N(c3cc(F)ccc3F)C2c2ccc(F)cc2)s1. The zero-order valence-electron chi connectivity index (χ0n) is 16.3. The Morgan fingerprint density at radius 3 is 2.32 bits per heavy atom. The molecule has 0 radical (unpaired) electrons. The summed E-state index contributed by atoms with van der Waals surface area (Å²) in [4.78, 5) is 31.5. The van der Waals surface area contributed by atoms with E-state index in [1.807, 2.05) is 0 Å². The maximum absolute atomic E-state index is 14.6. The number of rotatable bonds is 4. The largest absolute Gasteiger partial charge is 0.503 e. The van der Waals surface area contributed by atoms with Crippen molar-refractivity contribution in [2.24, 2.45) is 0 Å². The molecule has 2 aromatic carbocycles. The number of carbonyl (C=O) groups excluding carboxylic acids is 2. The van der Waals surface area contributed by atoms with Crippen molar-refractivity contribution in [3.63, 3.8) is 0 Å². The van der Waals surface area contributed by atoms with E-state index in [9.17, 15) is 27.9 Å². The lowest BCUT2D eigenvalue weighted by atomic mass is 9.94. The second-order valence-electron chi connectivity index (χ2n) is 6.96. The standard InChI is InChI=1S/C22H15F3N2O3S/c1-10-21(31-11(2)26-10)19(28)17-18(12-3-5-13(23)6-4-12)27(22(30)20(17)29)16-9-14(24)7-8-15(16)25/h3-9,18,29H,1-2H3. The summed E-state index contributed by atoms with van der Waals surface area (Å²) in [5.74, 6) is -4.91. The van der Waals surface area contributed by atoms with Crippen LogP contribution in [-0.2, 0) is 4.79 Å². The van der Waals surface area contributed by atoms with Gasteiger partial charge in [-0.2, -0.15) is 0 Å². The summed E-state index contributed by atoms with van der Waals surface area (Å²) in [5, 5.41) is 11.2. The summed E-state index contributed by atoms with van der Waals surface area (Å²) in [6.07, 6.45) is 0. The molecule has 1 N–H and O–H groups in total. The third-order valence-corrected chi connectivity index (χ3v) is 5.99. The first-order chi connectivity index (χ1) is 14.7. The molecule has 9 heteroatoms. The molecule has 3 aromatic rings. The molecule has 1 aliphatic rings. The van der Waals surface area contributed by atoms with E-state index in [1.165, 1.54) is 12.1 Å². The molecule has 2 heterocycles. The lowest BCUT2D eigenvalue weighted by Crippen LogP contribution is -2.32. The number of amides is 1. The van der Waals surface area contributed by atoms with E-state index in [0.717, 1.165) is 46.6 Å². The number of hydrogen-bond donors (Lipinski definition) is 1. The van der Waals surface area contributed by atoms with Gasteiger partial charge in [0.15, 0.2) is 5.76 Å². The number of aliphatic hydroxyl groups excluding tert-OH is 1. The number of anilines is 1. The van der Waals surface area contributed by atoms with E-state index in [1.54, 1.807) is 13.8 Å². The Labute approximate surface area is 179 Å². The molecule has 158 valence electrons. The number of hydrogen-bond acceptors (Lipinski definition) is 5. The molecule has 1 aromatic heterocycles. The maximum atomic E-state index is 14.6. The fraction of sp³-hybridized carbons (Fsp3) is 0.136. The predicted molar refractivity (Wildman–Crippen MR) is 109 cm³/mol. The van der Waals surface area contributed by atoms with Gasteiger partial charge in [-0.1, -0.05) is 12.1 Å². The van der Waals surface area contributed by atoms with Gasteiger partial charge >= 0.3 is 0 Å². The average Bonchev–Trinajstić information content (AvgIpc) is 3.20. The van der Waals surface area contributed by atoms with Crippen molar-refractivity contribution in [3.8, 4) is 0 Å². The third-order valence-electron chi connectivity index (χ3n) is 4.92. The number of aromatic nitrogens is 1. The van der Waals surface area contributed by atoms with Crippen LogP contribution in [0.1, 0.15) is 32.0 Å². The fourth-order valence-electron chi connectivity index (χ4n) is 3.58. The summed E-state index contributed by atoms with van der Waals surface area (Å²) in [5.41, 5.74) is -0.115. The number of aryl methyl sites for hydroxylation is 2. The predicted octanol–water partition coefficient (Wildman–Crippen LogP) is 4.96. The van der Waals surface area contributed by atoms with Crippen molar-refractivity contribution in [1.82, 2.24) is 4.98 Å². The minimum atomic E-state index is -1.29. The van der Waals surface area contributed by atoms with Crippen LogP contribution in [0.5, 0.6) is 0 Å². The summed E-state index contributed by atoms with van der Waals surface area (Å²) < 4.78 is 42.0. The Hall–Kier alpha value is -3.46. The first-order valence-electron chi connectivity index (χ1n) is 9.15. The van der Waals surface area contributed by atoms with Crippen LogP contribution < -0.4 is 4.90 Å². The quantitative estimate of drug-likeness (QED) is 0.578. The van der Waals surface area contributed by atoms with Crippen LogP contribution in [0.3, 0.4) is 0 Å². The molecule has 0 aliphatic carbocycles. The first kappa shape index (κ1) is 20.8. The van der Waals surface area contributed by atoms with Crippen molar-refractivity contribution < 1.29 is 27.9 Å². The van der Waals surface area contributed by atoms with Gasteiger partial charge in [0.1, 0.15) is 17.5 Å². The first-order valence-corrected chi connectivity index (χ1v) is 9.96. The second kappa shape index (κ2) is 7.66. The molecule has 0 bridgehead atoms. The minimum absolute atomic E-state index is 0.209. The molecule has 0 spiro atoms. The van der Waals surface area contributed by atoms with Gasteiger partial charge in [0.05, 0.1) is 32.9 Å². The highest BCUT2D eigenvalue weighted by Gasteiger charge is 2.46. The highest BCUT2D eigenvalue weighted by Crippen LogP contribution is 2.43. The smallest absolute Gasteiger partial charge is 0.294 e. The van der Waals surface area contributed by atoms with E-state index in [2.05, 4.69) is 4.98 Å². The lowest BCUT2D eigenvalue weighted by molar-refractivity contribution is -0.117. The molecule has 1 unspecified atom stereocenters. The fourth-order valence-corrected chi connectivity index (χ4v) is 4.45. The maximum Gasteiger partial charge on any atom is 0.294 e. The van der Waals surface area contributed by atoms with Crippen LogP contribution >= 0.6 is 11.3 Å². The van der Waals surface area contributed by atoms with Crippen molar-refractivity contribution in [3.05, 3.63) is 92.4 Å². The Morgan fingerprint density at radius 1 is 1.06 bits per heavy atom. The molecule has 5 nitrogen and oxygen atoms in total. The van der Waals surface area contributed by atoms with Crippen LogP contribution in [0.15, 0.2) is 53.8 Å². The molecule has 0 fully saturated rings. The summed E-state index contributed by atoms with van der Waals surface area (Å²) in [7, 11) is 0. The van der Waals surface area contributed by atoms with Gasteiger partial charge in [0.25, 0.3) is 5.91 Å². The van der Waals surface area contributed by atoms with E-state index in [0.29, 0.717) is 10.7 Å². The Balaban J connectivity index is 1.93. The summed E-state index contributed by atoms with van der Waals surface area (Å²) >= 11 is 1.09. The highest BCUT2D eigenvalue weighted by atomic mass is 32.1. The molecule has 1 aliphatic heterocycles. The third kappa shape index (κ3) is 3.50. The minimum Gasteiger partial charge on any atom is -0.503 e. The zero-order valence-corrected chi connectivity index (χ0v) is 17.1. The van der Waals surface area contributed by atoms with Crippen LogP contribution in [0, 0.1) is 31.3 Å².